The molecule has 0 aliphatic carbocycles. The molecule has 0 aromatic heterocycles. The Kier molecular flexibility index (Phi) is 5.80. The van der Waals surface area contributed by atoms with Gasteiger partial charge < -0.3 is 14.8 Å². The molecule has 1 aliphatic heterocycles. The Bertz CT molecular complexity index is 473. The molecule has 6 nitrogen and oxygen atoms in total. The first-order chi connectivity index (χ1) is 10.2. The summed E-state index contributed by atoms with van der Waals surface area (Å²) in [6.07, 6.45) is 4.32. The number of hydrogen-bond acceptors (Lipinski definition) is 5. The van der Waals surface area contributed by atoms with Crippen molar-refractivity contribution in [2.45, 2.75) is 38.6 Å². The molecular formula is C15H22N2O4. The lowest BCUT2D eigenvalue weighted by atomic mass is 10.1. The van der Waals surface area contributed by atoms with E-state index in [1.54, 1.807) is 6.07 Å². The zero-order valence-electron chi connectivity index (χ0n) is 12.3. The summed E-state index contributed by atoms with van der Waals surface area (Å²) in [5.41, 5.74) is -0.00444. The molecule has 0 spiro atoms. The second-order valence-electron chi connectivity index (χ2n) is 5.23. The third-order valence-corrected chi connectivity index (χ3v) is 3.41. The van der Waals surface area contributed by atoms with Crippen LogP contribution in [0.2, 0.25) is 0 Å². The number of rotatable bonds is 7. The third-order valence-electron chi connectivity index (χ3n) is 3.41. The van der Waals surface area contributed by atoms with Crippen molar-refractivity contribution in [1.82, 2.24) is 5.32 Å². The highest BCUT2D eigenvalue weighted by atomic mass is 16.6. The molecule has 0 bridgehead atoms. The predicted octanol–water partition coefficient (Wildman–Crippen LogP) is 2.90. The van der Waals surface area contributed by atoms with Crippen LogP contribution in [0.5, 0.6) is 11.5 Å². The summed E-state index contributed by atoms with van der Waals surface area (Å²) in [5, 5.41) is 14.4. The SMILES string of the molecule is CCCOc1cc(OCC2CCCCN2)cc([N+](=O)[O-])c1. The number of benzene rings is 1. The van der Waals surface area contributed by atoms with Gasteiger partial charge in [-0.25, -0.2) is 0 Å². The highest BCUT2D eigenvalue weighted by Crippen LogP contribution is 2.28. The molecule has 1 aromatic rings. The Balaban J connectivity index is 2.02. The molecule has 1 aliphatic rings. The van der Waals surface area contributed by atoms with Crippen LogP contribution in [0.15, 0.2) is 18.2 Å². The minimum Gasteiger partial charge on any atom is -0.493 e. The van der Waals surface area contributed by atoms with Crippen LogP contribution in [0.3, 0.4) is 0 Å². The Morgan fingerprint density at radius 3 is 2.67 bits per heavy atom. The summed E-state index contributed by atoms with van der Waals surface area (Å²) in [5.74, 6) is 0.973. The van der Waals surface area contributed by atoms with Gasteiger partial charge in [0.2, 0.25) is 0 Å². The van der Waals surface area contributed by atoms with Gasteiger partial charge in [-0.15, -0.1) is 0 Å². The van der Waals surface area contributed by atoms with Crippen LogP contribution in [0.1, 0.15) is 32.6 Å². The van der Waals surface area contributed by atoms with E-state index in [2.05, 4.69) is 5.32 Å². The van der Waals surface area contributed by atoms with Gasteiger partial charge in [-0.2, -0.15) is 0 Å². The molecule has 0 saturated carbocycles. The number of nitrogens with one attached hydrogen (secondary N) is 1. The maximum Gasteiger partial charge on any atom is 0.276 e. The topological polar surface area (TPSA) is 73.6 Å². The summed E-state index contributed by atoms with van der Waals surface area (Å²) >= 11 is 0. The summed E-state index contributed by atoms with van der Waals surface area (Å²) in [7, 11) is 0. The average Bonchev–Trinajstić information content (AvgIpc) is 2.51. The van der Waals surface area contributed by atoms with Crippen molar-refractivity contribution in [3.05, 3.63) is 28.3 Å². The second-order valence-corrected chi connectivity index (χ2v) is 5.23. The van der Waals surface area contributed by atoms with Crippen molar-refractivity contribution in [1.29, 1.82) is 0 Å². The molecule has 0 radical (unpaired) electrons. The molecule has 1 atom stereocenters. The van der Waals surface area contributed by atoms with Crippen molar-refractivity contribution in [2.75, 3.05) is 19.8 Å². The van der Waals surface area contributed by atoms with Crippen LogP contribution < -0.4 is 14.8 Å². The zero-order chi connectivity index (χ0) is 15.1. The van der Waals surface area contributed by atoms with Crippen molar-refractivity contribution in [3.8, 4) is 11.5 Å². The minimum atomic E-state index is -0.426. The number of non-ortho nitro benzene ring substituents is 1. The van der Waals surface area contributed by atoms with E-state index in [4.69, 9.17) is 9.47 Å². The molecule has 21 heavy (non-hydrogen) atoms. The van der Waals surface area contributed by atoms with Gasteiger partial charge in [0.25, 0.3) is 5.69 Å². The molecule has 2 rings (SSSR count). The minimum absolute atomic E-state index is 0.00444. The summed E-state index contributed by atoms with van der Waals surface area (Å²) in [4.78, 5) is 10.5. The molecule has 0 amide bonds. The molecule has 1 saturated heterocycles. The maximum atomic E-state index is 11.0. The van der Waals surface area contributed by atoms with E-state index in [1.165, 1.54) is 25.0 Å². The average molecular weight is 294 g/mol. The van der Waals surface area contributed by atoms with Crippen LogP contribution in [0.25, 0.3) is 0 Å². The first-order valence-electron chi connectivity index (χ1n) is 7.47. The van der Waals surface area contributed by atoms with Crippen LogP contribution >= 0.6 is 0 Å². The summed E-state index contributed by atoms with van der Waals surface area (Å²) in [6.45, 7) is 4.05. The quantitative estimate of drug-likeness (QED) is 0.618. The number of nitro benzene ring substituents is 1. The number of ether oxygens (including phenoxy) is 2. The molecular weight excluding hydrogens is 272 g/mol. The standard InChI is InChI=1S/C15H22N2O4/c1-2-7-20-14-8-13(17(18)19)9-15(10-14)21-11-12-5-3-4-6-16-12/h8-10,12,16H,2-7,11H2,1H3. The van der Waals surface area contributed by atoms with E-state index in [-0.39, 0.29) is 5.69 Å². The molecule has 1 fully saturated rings. The predicted molar refractivity (Wildman–Crippen MR) is 80.0 cm³/mol. The van der Waals surface area contributed by atoms with E-state index in [0.29, 0.717) is 30.8 Å². The van der Waals surface area contributed by atoms with Crippen molar-refractivity contribution in [3.63, 3.8) is 0 Å². The largest absolute Gasteiger partial charge is 0.493 e. The molecule has 116 valence electrons. The lowest BCUT2D eigenvalue weighted by Gasteiger charge is -2.23. The van der Waals surface area contributed by atoms with Crippen molar-refractivity contribution >= 4 is 5.69 Å². The van der Waals surface area contributed by atoms with Gasteiger partial charge in [0.15, 0.2) is 0 Å². The van der Waals surface area contributed by atoms with Gasteiger partial charge in [-0.3, -0.25) is 10.1 Å². The normalized spacial score (nSPS) is 18.2. The van der Waals surface area contributed by atoms with Gasteiger partial charge in [-0.05, 0) is 25.8 Å². The van der Waals surface area contributed by atoms with E-state index < -0.39 is 4.92 Å². The number of piperidine rings is 1. The van der Waals surface area contributed by atoms with E-state index >= 15 is 0 Å². The highest BCUT2D eigenvalue weighted by molar-refractivity contribution is 5.46. The lowest BCUT2D eigenvalue weighted by molar-refractivity contribution is -0.385. The number of nitrogens with zero attached hydrogens (tertiary/aromatic N) is 1. The zero-order valence-corrected chi connectivity index (χ0v) is 12.3. The lowest BCUT2D eigenvalue weighted by Crippen LogP contribution is -2.38. The van der Waals surface area contributed by atoms with Gasteiger partial charge in [0.1, 0.15) is 18.1 Å². The van der Waals surface area contributed by atoms with Crippen molar-refractivity contribution in [2.24, 2.45) is 0 Å². The highest BCUT2D eigenvalue weighted by Gasteiger charge is 2.15. The van der Waals surface area contributed by atoms with E-state index in [1.807, 2.05) is 6.92 Å². The Morgan fingerprint density at radius 2 is 2.05 bits per heavy atom. The van der Waals surface area contributed by atoms with E-state index in [0.717, 1.165) is 19.4 Å². The fraction of sp³-hybridized carbons (Fsp3) is 0.600. The van der Waals surface area contributed by atoms with Gasteiger partial charge in [0.05, 0.1) is 23.7 Å². The van der Waals surface area contributed by atoms with E-state index in [9.17, 15) is 10.1 Å². The smallest absolute Gasteiger partial charge is 0.276 e. The second kappa shape index (κ2) is 7.83. The number of nitro groups is 1. The van der Waals surface area contributed by atoms with Gasteiger partial charge in [-0.1, -0.05) is 13.3 Å². The fourth-order valence-electron chi connectivity index (χ4n) is 2.31. The van der Waals surface area contributed by atoms with Crippen LogP contribution in [0.4, 0.5) is 5.69 Å². The molecule has 6 heteroatoms. The molecule has 1 N–H and O–H groups in total. The Hall–Kier alpha value is -1.82. The Labute approximate surface area is 124 Å². The maximum absolute atomic E-state index is 11.0. The summed E-state index contributed by atoms with van der Waals surface area (Å²) < 4.78 is 11.2. The fourth-order valence-corrected chi connectivity index (χ4v) is 2.31. The third kappa shape index (κ3) is 4.90. The Morgan fingerprint density at radius 1 is 1.29 bits per heavy atom. The van der Waals surface area contributed by atoms with Crippen LogP contribution in [-0.4, -0.2) is 30.7 Å². The summed E-state index contributed by atoms with van der Waals surface area (Å²) in [6, 6.07) is 4.91. The first-order valence-corrected chi connectivity index (χ1v) is 7.47. The number of hydrogen-bond donors (Lipinski definition) is 1. The van der Waals surface area contributed by atoms with Gasteiger partial charge in [0, 0.05) is 12.1 Å². The van der Waals surface area contributed by atoms with Crippen LogP contribution in [0, 0.1) is 10.1 Å². The first kappa shape index (κ1) is 15.6. The van der Waals surface area contributed by atoms with Crippen molar-refractivity contribution < 1.29 is 14.4 Å². The van der Waals surface area contributed by atoms with Gasteiger partial charge >= 0.3 is 0 Å². The molecule has 1 heterocycles. The molecule has 1 unspecified atom stereocenters. The van der Waals surface area contributed by atoms with Crippen LogP contribution in [-0.2, 0) is 0 Å². The molecule has 1 aromatic carbocycles. The monoisotopic (exact) mass is 294 g/mol.